The van der Waals surface area contributed by atoms with E-state index in [0.717, 1.165) is 12.3 Å². The van der Waals surface area contributed by atoms with E-state index in [0.29, 0.717) is 6.04 Å². The first-order valence-corrected chi connectivity index (χ1v) is 3.54. The number of rotatable bonds is 0. The lowest BCUT2D eigenvalue weighted by Gasteiger charge is -2.44. The van der Waals surface area contributed by atoms with Crippen molar-refractivity contribution >= 4 is 0 Å². The number of nitriles is 1. The van der Waals surface area contributed by atoms with Gasteiger partial charge in [0.25, 0.3) is 0 Å². The molecule has 1 N–H and O–H groups in total. The SMILES string of the molecule is N#C[C@@H]1CC2CC(C2)N1. The molecular formula is C7H10N2. The fourth-order valence-corrected chi connectivity index (χ4v) is 1.84. The Morgan fingerprint density at radius 3 is 2.44 bits per heavy atom. The number of nitrogens with one attached hydrogen (secondary N) is 1. The second-order valence-electron chi connectivity index (χ2n) is 3.12. The van der Waals surface area contributed by atoms with Crippen molar-refractivity contribution in [2.45, 2.75) is 31.3 Å². The minimum Gasteiger partial charge on any atom is -0.299 e. The van der Waals surface area contributed by atoms with Gasteiger partial charge in [-0.3, -0.25) is 5.32 Å². The fraction of sp³-hybridized carbons (Fsp3) is 0.857. The summed E-state index contributed by atoms with van der Waals surface area (Å²) in [7, 11) is 0. The van der Waals surface area contributed by atoms with Gasteiger partial charge in [0.2, 0.25) is 0 Å². The smallest absolute Gasteiger partial charge is 0.0957 e. The minimum atomic E-state index is 0.169. The first kappa shape index (κ1) is 5.25. The molecule has 3 aliphatic rings. The van der Waals surface area contributed by atoms with Crippen LogP contribution in [0.4, 0.5) is 0 Å². The van der Waals surface area contributed by atoms with Crippen LogP contribution < -0.4 is 5.32 Å². The third kappa shape index (κ3) is 0.727. The van der Waals surface area contributed by atoms with E-state index in [1.165, 1.54) is 12.8 Å². The zero-order chi connectivity index (χ0) is 6.27. The molecule has 2 saturated heterocycles. The van der Waals surface area contributed by atoms with Crippen molar-refractivity contribution in [1.29, 1.82) is 5.26 Å². The third-order valence-corrected chi connectivity index (χ3v) is 2.40. The fourth-order valence-electron chi connectivity index (χ4n) is 1.84. The van der Waals surface area contributed by atoms with Gasteiger partial charge in [-0.15, -0.1) is 0 Å². The van der Waals surface area contributed by atoms with E-state index in [2.05, 4.69) is 11.4 Å². The van der Waals surface area contributed by atoms with Crippen molar-refractivity contribution in [2.24, 2.45) is 5.92 Å². The Kier molecular flexibility index (Phi) is 1.000. The largest absolute Gasteiger partial charge is 0.299 e. The molecule has 0 spiro atoms. The molecule has 1 aliphatic carbocycles. The molecule has 3 rings (SSSR count). The molecule has 2 aliphatic heterocycles. The predicted molar refractivity (Wildman–Crippen MR) is 33.7 cm³/mol. The van der Waals surface area contributed by atoms with E-state index in [4.69, 9.17) is 5.26 Å². The van der Waals surface area contributed by atoms with Gasteiger partial charge >= 0.3 is 0 Å². The highest BCUT2D eigenvalue weighted by molar-refractivity contribution is 5.03. The van der Waals surface area contributed by atoms with Gasteiger partial charge in [0.05, 0.1) is 12.1 Å². The third-order valence-electron chi connectivity index (χ3n) is 2.40. The minimum absolute atomic E-state index is 0.169. The maximum absolute atomic E-state index is 8.52. The average molecular weight is 122 g/mol. The van der Waals surface area contributed by atoms with Gasteiger partial charge in [-0.05, 0) is 25.2 Å². The Morgan fingerprint density at radius 1 is 1.33 bits per heavy atom. The van der Waals surface area contributed by atoms with Crippen LogP contribution >= 0.6 is 0 Å². The molecule has 9 heavy (non-hydrogen) atoms. The first-order chi connectivity index (χ1) is 4.38. The van der Waals surface area contributed by atoms with Gasteiger partial charge in [-0.2, -0.15) is 5.26 Å². The van der Waals surface area contributed by atoms with Crippen molar-refractivity contribution in [3.8, 4) is 6.07 Å². The molecule has 0 aromatic rings. The van der Waals surface area contributed by atoms with Gasteiger partial charge < -0.3 is 0 Å². The van der Waals surface area contributed by atoms with Crippen LogP contribution in [0.3, 0.4) is 0 Å². The molecule has 2 nitrogen and oxygen atoms in total. The molecular weight excluding hydrogens is 112 g/mol. The lowest BCUT2D eigenvalue weighted by atomic mass is 9.72. The Balaban J connectivity index is 1.98. The first-order valence-electron chi connectivity index (χ1n) is 3.54. The van der Waals surface area contributed by atoms with Gasteiger partial charge in [-0.1, -0.05) is 0 Å². The van der Waals surface area contributed by atoms with Crippen molar-refractivity contribution in [1.82, 2.24) is 5.32 Å². The van der Waals surface area contributed by atoms with Gasteiger partial charge in [0.15, 0.2) is 0 Å². The molecule has 0 radical (unpaired) electrons. The van der Waals surface area contributed by atoms with Crippen molar-refractivity contribution in [3.63, 3.8) is 0 Å². The summed E-state index contributed by atoms with van der Waals surface area (Å²) in [5, 5.41) is 11.8. The summed E-state index contributed by atoms with van der Waals surface area (Å²) in [6, 6.07) is 3.11. The van der Waals surface area contributed by atoms with Crippen molar-refractivity contribution in [3.05, 3.63) is 0 Å². The summed E-state index contributed by atoms with van der Waals surface area (Å²) >= 11 is 0. The van der Waals surface area contributed by atoms with Gasteiger partial charge in [-0.25, -0.2) is 0 Å². The van der Waals surface area contributed by atoms with Crippen LogP contribution in [-0.4, -0.2) is 12.1 Å². The van der Waals surface area contributed by atoms with E-state index >= 15 is 0 Å². The molecule has 2 bridgehead atoms. The molecule has 3 fully saturated rings. The van der Waals surface area contributed by atoms with Gasteiger partial charge in [0, 0.05) is 6.04 Å². The Labute approximate surface area is 54.9 Å². The molecule has 48 valence electrons. The second-order valence-corrected chi connectivity index (χ2v) is 3.12. The molecule has 1 saturated carbocycles. The van der Waals surface area contributed by atoms with E-state index in [1.54, 1.807) is 0 Å². The quantitative estimate of drug-likeness (QED) is 0.512. The molecule has 1 atom stereocenters. The second kappa shape index (κ2) is 1.71. The summed E-state index contributed by atoms with van der Waals surface area (Å²) in [4.78, 5) is 0. The summed E-state index contributed by atoms with van der Waals surface area (Å²) in [6.45, 7) is 0. The van der Waals surface area contributed by atoms with Crippen LogP contribution in [0, 0.1) is 17.2 Å². The van der Waals surface area contributed by atoms with Crippen molar-refractivity contribution in [2.75, 3.05) is 0 Å². The van der Waals surface area contributed by atoms with Crippen molar-refractivity contribution < 1.29 is 0 Å². The van der Waals surface area contributed by atoms with E-state index < -0.39 is 0 Å². The highest BCUT2D eigenvalue weighted by atomic mass is 15.0. The average Bonchev–Trinajstić information content (AvgIpc) is 1.87. The lowest BCUT2D eigenvalue weighted by Crippen LogP contribution is -2.53. The summed E-state index contributed by atoms with van der Waals surface area (Å²) < 4.78 is 0. The molecule has 0 unspecified atom stereocenters. The standard InChI is InChI=1S/C7H10N2/c8-4-7-3-5-1-6(2-5)9-7/h5-7,9H,1-3H2/t5?,6?,7-/m0/s1. The lowest BCUT2D eigenvalue weighted by molar-refractivity contribution is 0.136. The number of piperidine rings is 2. The summed E-state index contributed by atoms with van der Waals surface area (Å²) in [5.41, 5.74) is 0. The molecule has 0 aromatic heterocycles. The Hall–Kier alpha value is -0.550. The normalized spacial score (nSPS) is 47.2. The van der Waals surface area contributed by atoms with Crippen LogP contribution in [0.25, 0.3) is 0 Å². The summed E-state index contributed by atoms with van der Waals surface area (Å²) in [6.07, 6.45) is 3.73. The monoisotopic (exact) mass is 122 g/mol. The maximum atomic E-state index is 8.52. The topological polar surface area (TPSA) is 35.8 Å². The number of fused-ring (bicyclic) bond motifs is 2. The van der Waals surface area contributed by atoms with Crippen LogP contribution in [0.2, 0.25) is 0 Å². The molecule has 2 heterocycles. The van der Waals surface area contributed by atoms with Gasteiger partial charge in [0.1, 0.15) is 0 Å². The van der Waals surface area contributed by atoms with E-state index in [9.17, 15) is 0 Å². The van der Waals surface area contributed by atoms with Crippen LogP contribution in [-0.2, 0) is 0 Å². The zero-order valence-electron chi connectivity index (χ0n) is 5.30. The number of hydrogen-bond donors (Lipinski definition) is 1. The van der Waals surface area contributed by atoms with Crippen LogP contribution in [0.5, 0.6) is 0 Å². The maximum Gasteiger partial charge on any atom is 0.0957 e. The molecule has 0 amide bonds. The van der Waals surface area contributed by atoms with Crippen LogP contribution in [0.1, 0.15) is 19.3 Å². The Bertz CT molecular complexity index is 143. The van der Waals surface area contributed by atoms with E-state index in [1.807, 2.05) is 0 Å². The number of hydrogen-bond acceptors (Lipinski definition) is 2. The predicted octanol–water partition coefficient (Wildman–Crippen LogP) is 0.650. The van der Waals surface area contributed by atoms with Crippen LogP contribution in [0.15, 0.2) is 0 Å². The zero-order valence-corrected chi connectivity index (χ0v) is 5.30. The number of nitrogens with zero attached hydrogens (tertiary/aromatic N) is 1. The highest BCUT2D eigenvalue weighted by Gasteiger charge is 2.37. The molecule has 2 heteroatoms. The Morgan fingerprint density at radius 2 is 2.11 bits per heavy atom. The highest BCUT2D eigenvalue weighted by Crippen LogP contribution is 2.35. The summed E-state index contributed by atoms with van der Waals surface area (Å²) in [5.74, 6) is 0.876. The van der Waals surface area contributed by atoms with E-state index in [-0.39, 0.29) is 6.04 Å². The molecule has 0 aromatic carbocycles.